The van der Waals surface area contributed by atoms with Crippen molar-refractivity contribution in [2.24, 2.45) is 4.99 Å². The summed E-state index contributed by atoms with van der Waals surface area (Å²) < 4.78 is 26.0. The molecule has 1 aromatic carbocycles. The molecule has 2 heterocycles. The van der Waals surface area contributed by atoms with Crippen LogP contribution in [0.5, 0.6) is 0 Å². The van der Waals surface area contributed by atoms with Gasteiger partial charge in [-0.3, -0.25) is 4.99 Å². The SMILES string of the molecule is CS(=O)(=O)n1cc(CC2=NCCN2)c2c(Br)cccc21. The largest absolute Gasteiger partial charge is 0.372 e. The van der Waals surface area contributed by atoms with Crippen molar-refractivity contribution in [3.05, 3.63) is 34.4 Å². The number of amidine groups is 1. The summed E-state index contributed by atoms with van der Waals surface area (Å²) in [5.41, 5.74) is 1.64. The lowest BCUT2D eigenvalue weighted by Gasteiger charge is -2.02. The summed E-state index contributed by atoms with van der Waals surface area (Å²) >= 11 is 3.51. The highest BCUT2D eigenvalue weighted by atomic mass is 79.9. The van der Waals surface area contributed by atoms with Crippen LogP contribution in [0.2, 0.25) is 0 Å². The summed E-state index contributed by atoms with van der Waals surface area (Å²) in [6.45, 7) is 1.63. The number of rotatable bonds is 3. The van der Waals surface area contributed by atoms with Crippen LogP contribution in [-0.2, 0) is 16.4 Å². The molecule has 0 amide bonds. The molecule has 5 nitrogen and oxygen atoms in total. The van der Waals surface area contributed by atoms with Gasteiger partial charge in [0, 0.05) is 29.0 Å². The van der Waals surface area contributed by atoms with Crippen LogP contribution in [-0.4, -0.2) is 37.6 Å². The van der Waals surface area contributed by atoms with E-state index in [1.807, 2.05) is 18.2 Å². The van der Waals surface area contributed by atoms with Crippen LogP contribution in [0.25, 0.3) is 10.9 Å². The molecule has 0 aliphatic carbocycles. The van der Waals surface area contributed by atoms with Gasteiger partial charge in [-0.05, 0) is 17.7 Å². The zero-order valence-corrected chi connectivity index (χ0v) is 13.3. The van der Waals surface area contributed by atoms with Crippen molar-refractivity contribution in [2.75, 3.05) is 19.3 Å². The molecule has 1 N–H and O–H groups in total. The van der Waals surface area contributed by atoms with Gasteiger partial charge in [-0.1, -0.05) is 22.0 Å². The van der Waals surface area contributed by atoms with E-state index in [0.29, 0.717) is 11.9 Å². The Balaban J connectivity index is 2.21. The predicted octanol–water partition coefficient (Wildman–Crippen LogP) is 1.76. The van der Waals surface area contributed by atoms with Crippen LogP contribution in [0, 0.1) is 0 Å². The number of hydrogen-bond donors (Lipinski definition) is 1. The molecule has 0 fully saturated rings. The number of aromatic nitrogens is 1. The molecule has 2 aromatic rings. The van der Waals surface area contributed by atoms with E-state index in [9.17, 15) is 8.42 Å². The van der Waals surface area contributed by atoms with Crippen molar-refractivity contribution in [2.45, 2.75) is 6.42 Å². The zero-order chi connectivity index (χ0) is 14.3. The van der Waals surface area contributed by atoms with Gasteiger partial charge in [0.15, 0.2) is 0 Å². The van der Waals surface area contributed by atoms with Crippen molar-refractivity contribution < 1.29 is 8.42 Å². The van der Waals surface area contributed by atoms with Gasteiger partial charge < -0.3 is 5.32 Å². The molecular formula is C13H14BrN3O2S. The highest BCUT2D eigenvalue weighted by molar-refractivity contribution is 9.10. The fourth-order valence-corrected chi connectivity index (χ4v) is 3.88. The number of fused-ring (bicyclic) bond motifs is 1. The van der Waals surface area contributed by atoms with Crippen molar-refractivity contribution in [1.82, 2.24) is 9.29 Å². The van der Waals surface area contributed by atoms with E-state index in [4.69, 9.17) is 0 Å². The molecule has 7 heteroatoms. The molecule has 0 unspecified atom stereocenters. The second-order valence-electron chi connectivity index (χ2n) is 4.78. The predicted molar refractivity (Wildman–Crippen MR) is 83.9 cm³/mol. The van der Waals surface area contributed by atoms with Gasteiger partial charge in [0.05, 0.1) is 18.3 Å². The Hall–Kier alpha value is -1.34. The summed E-state index contributed by atoms with van der Waals surface area (Å²) in [5.74, 6) is 0.910. The Morgan fingerprint density at radius 3 is 2.90 bits per heavy atom. The quantitative estimate of drug-likeness (QED) is 0.912. The minimum Gasteiger partial charge on any atom is -0.372 e. The minimum atomic E-state index is -3.32. The van der Waals surface area contributed by atoms with Crippen molar-refractivity contribution >= 4 is 42.7 Å². The van der Waals surface area contributed by atoms with Crippen LogP contribution in [0.15, 0.2) is 33.9 Å². The van der Waals surface area contributed by atoms with Gasteiger partial charge in [-0.15, -0.1) is 0 Å². The van der Waals surface area contributed by atoms with Gasteiger partial charge in [0.2, 0.25) is 10.0 Å². The zero-order valence-electron chi connectivity index (χ0n) is 10.9. The van der Waals surface area contributed by atoms with Crippen molar-refractivity contribution in [3.63, 3.8) is 0 Å². The Morgan fingerprint density at radius 1 is 1.45 bits per heavy atom. The molecule has 0 bridgehead atoms. The second kappa shape index (κ2) is 4.89. The minimum absolute atomic E-state index is 0.613. The summed E-state index contributed by atoms with van der Waals surface area (Å²) in [6, 6.07) is 5.57. The second-order valence-corrected chi connectivity index (χ2v) is 7.49. The number of halogens is 1. The first kappa shape index (κ1) is 13.6. The number of benzene rings is 1. The van der Waals surface area contributed by atoms with Crippen molar-refractivity contribution in [1.29, 1.82) is 0 Å². The van der Waals surface area contributed by atoms with E-state index in [1.165, 1.54) is 10.2 Å². The lowest BCUT2D eigenvalue weighted by Crippen LogP contribution is -2.20. The molecule has 0 atom stereocenters. The third-order valence-corrected chi connectivity index (χ3v) is 4.96. The Morgan fingerprint density at radius 2 is 2.25 bits per heavy atom. The normalized spacial score (nSPS) is 15.4. The van der Waals surface area contributed by atoms with E-state index in [1.54, 1.807) is 6.20 Å². The first-order valence-corrected chi connectivity index (χ1v) is 8.87. The third-order valence-electron chi connectivity index (χ3n) is 3.28. The van der Waals surface area contributed by atoms with E-state index < -0.39 is 10.0 Å². The maximum atomic E-state index is 11.9. The molecule has 20 heavy (non-hydrogen) atoms. The first-order valence-electron chi connectivity index (χ1n) is 6.23. The molecular weight excluding hydrogens is 342 g/mol. The molecule has 0 spiro atoms. The molecule has 1 aliphatic heterocycles. The molecule has 3 rings (SSSR count). The smallest absolute Gasteiger partial charge is 0.236 e. The van der Waals surface area contributed by atoms with E-state index in [0.717, 1.165) is 34.3 Å². The van der Waals surface area contributed by atoms with Crippen LogP contribution >= 0.6 is 15.9 Å². The van der Waals surface area contributed by atoms with E-state index in [-0.39, 0.29) is 0 Å². The molecule has 0 saturated heterocycles. The highest BCUT2D eigenvalue weighted by Gasteiger charge is 2.18. The number of nitrogens with zero attached hydrogens (tertiary/aromatic N) is 2. The molecule has 0 radical (unpaired) electrons. The number of nitrogens with one attached hydrogen (secondary N) is 1. The Labute approximate surface area is 125 Å². The summed E-state index contributed by atoms with van der Waals surface area (Å²) in [5, 5.41) is 4.14. The van der Waals surface area contributed by atoms with Gasteiger partial charge in [-0.25, -0.2) is 12.4 Å². The van der Waals surface area contributed by atoms with Crippen LogP contribution in [0.4, 0.5) is 0 Å². The van der Waals surface area contributed by atoms with Crippen LogP contribution in [0.1, 0.15) is 5.56 Å². The fraction of sp³-hybridized carbons (Fsp3) is 0.308. The summed E-state index contributed by atoms with van der Waals surface area (Å²) in [7, 11) is -3.32. The van der Waals surface area contributed by atoms with E-state index in [2.05, 4.69) is 26.2 Å². The maximum absolute atomic E-state index is 11.9. The van der Waals surface area contributed by atoms with Gasteiger partial charge in [0.25, 0.3) is 0 Å². The Bertz CT molecular complexity index is 808. The Kier molecular flexibility index (Phi) is 3.33. The van der Waals surface area contributed by atoms with Gasteiger partial charge in [-0.2, -0.15) is 0 Å². The number of hydrogen-bond acceptors (Lipinski definition) is 4. The topological polar surface area (TPSA) is 63.5 Å². The summed E-state index contributed by atoms with van der Waals surface area (Å²) in [4.78, 5) is 4.37. The standard InChI is InChI=1S/C13H14BrN3O2S/c1-20(18,19)17-8-9(7-12-15-5-6-16-12)13-10(14)3-2-4-11(13)17/h2-4,8H,5-7H2,1H3,(H,15,16). The highest BCUT2D eigenvalue weighted by Crippen LogP contribution is 2.30. The fourth-order valence-electron chi connectivity index (χ4n) is 2.44. The summed E-state index contributed by atoms with van der Waals surface area (Å²) in [6.07, 6.45) is 3.51. The van der Waals surface area contributed by atoms with Gasteiger partial charge >= 0.3 is 0 Å². The molecule has 1 aliphatic rings. The van der Waals surface area contributed by atoms with Crippen LogP contribution < -0.4 is 5.32 Å². The number of aliphatic imine (C=N–C) groups is 1. The lowest BCUT2D eigenvalue weighted by atomic mass is 10.1. The molecule has 1 aromatic heterocycles. The lowest BCUT2D eigenvalue weighted by molar-refractivity contribution is 0.595. The average molecular weight is 356 g/mol. The monoisotopic (exact) mass is 355 g/mol. The molecule has 0 saturated carbocycles. The van der Waals surface area contributed by atoms with E-state index >= 15 is 0 Å². The molecule has 106 valence electrons. The van der Waals surface area contributed by atoms with Crippen molar-refractivity contribution in [3.8, 4) is 0 Å². The average Bonchev–Trinajstić information content (AvgIpc) is 2.97. The maximum Gasteiger partial charge on any atom is 0.236 e. The first-order chi connectivity index (χ1) is 9.47. The van der Waals surface area contributed by atoms with Gasteiger partial charge in [0.1, 0.15) is 5.84 Å². The van der Waals surface area contributed by atoms with Crippen LogP contribution in [0.3, 0.4) is 0 Å². The third kappa shape index (κ3) is 2.35.